The molecule has 4 heteroatoms. The molecule has 1 amide bonds. The Kier molecular flexibility index (Phi) is 4.51. The number of amides is 1. The first-order valence-corrected chi connectivity index (χ1v) is 9.43. The molecule has 0 radical (unpaired) electrons. The maximum absolute atomic E-state index is 12.8. The van der Waals surface area contributed by atoms with E-state index in [0.29, 0.717) is 12.1 Å². The molecule has 2 aromatic rings. The number of fused-ring (bicyclic) bond motifs is 1. The predicted octanol–water partition coefficient (Wildman–Crippen LogP) is 4.21. The van der Waals surface area contributed by atoms with Crippen molar-refractivity contribution in [3.63, 3.8) is 0 Å². The predicted molar refractivity (Wildman–Crippen MR) is 99.9 cm³/mol. The molecule has 2 aliphatic rings. The van der Waals surface area contributed by atoms with Gasteiger partial charge in [-0.15, -0.1) is 0 Å². The van der Waals surface area contributed by atoms with E-state index in [1.54, 1.807) is 12.3 Å². The molecule has 25 heavy (non-hydrogen) atoms. The van der Waals surface area contributed by atoms with Crippen molar-refractivity contribution < 1.29 is 4.79 Å². The minimum atomic E-state index is 0.136. The number of aromatic nitrogens is 2. The molecule has 0 aliphatic heterocycles. The first-order chi connectivity index (χ1) is 12.2. The highest BCUT2D eigenvalue weighted by Gasteiger charge is 2.37. The number of hydrogen-bond donors (Lipinski definition) is 0. The van der Waals surface area contributed by atoms with Crippen LogP contribution in [0.2, 0.25) is 0 Å². The molecule has 0 bridgehead atoms. The van der Waals surface area contributed by atoms with Crippen LogP contribution < -0.4 is 0 Å². The lowest BCUT2D eigenvalue weighted by Crippen LogP contribution is -2.42. The van der Waals surface area contributed by atoms with E-state index in [2.05, 4.69) is 21.8 Å². The Morgan fingerprint density at radius 2 is 1.68 bits per heavy atom. The van der Waals surface area contributed by atoms with E-state index in [4.69, 9.17) is 0 Å². The van der Waals surface area contributed by atoms with E-state index in [9.17, 15) is 4.79 Å². The van der Waals surface area contributed by atoms with E-state index in [-0.39, 0.29) is 5.91 Å². The number of para-hydroxylation sites is 2. The fourth-order valence-corrected chi connectivity index (χ4v) is 3.83. The standard InChI is InChI=1S/C21H25N3O/c1-15-6-9-17(10-7-15)24(18-11-12-18)21(25)13-8-16-14-22-19-4-2-3-5-20(19)23-16/h2-5,8,13-15,17-18H,6-7,9-12H2,1H3/b13-8+. The normalized spacial score (nSPS) is 23.9. The molecule has 1 aromatic heterocycles. The Bertz CT molecular complexity index is 789. The van der Waals surface area contributed by atoms with Crippen LogP contribution in [0.3, 0.4) is 0 Å². The van der Waals surface area contributed by atoms with E-state index in [1.807, 2.05) is 30.3 Å². The van der Waals surface area contributed by atoms with Crippen LogP contribution in [0.15, 0.2) is 36.5 Å². The van der Waals surface area contributed by atoms with Gasteiger partial charge in [0.2, 0.25) is 5.91 Å². The fraction of sp³-hybridized carbons (Fsp3) is 0.476. The Morgan fingerprint density at radius 3 is 2.36 bits per heavy atom. The largest absolute Gasteiger partial charge is 0.333 e. The van der Waals surface area contributed by atoms with Gasteiger partial charge in [0.1, 0.15) is 0 Å². The zero-order valence-electron chi connectivity index (χ0n) is 14.8. The summed E-state index contributed by atoms with van der Waals surface area (Å²) in [5, 5.41) is 0. The highest BCUT2D eigenvalue weighted by atomic mass is 16.2. The summed E-state index contributed by atoms with van der Waals surface area (Å²) in [6.45, 7) is 2.32. The van der Waals surface area contributed by atoms with Crippen LogP contribution >= 0.6 is 0 Å². The molecule has 2 fully saturated rings. The van der Waals surface area contributed by atoms with Gasteiger partial charge in [-0.2, -0.15) is 0 Å². The second-order valence-corrected chi connectivity index (χ2v) is 7.51. The van der Waals surface area contributed by atoms with Gasteiger partial charge in [0.05, 0.1) is 22.9 Å². The third-order valence-electron chi connectivity index (χ3n) is 5.44. The molecule has 1 heterocycles. The maximum atomic E-state index is 12.8. The monoisotopic (exact) mass is 335 g/mol. The second-order valence-electron chi connectivity index (χ2n) is 7.51. The minimum absolute atomic E-state index is 0.136. The van der Waals surface area contributed by atoms with Crippen LogP contribution in [0.5, 0.6) is 0 Å². The average Bonchev–Trinajstić information content (AvgIpc) is 3.46. The van der Waals surface area contributed by atoms with E-state index in [0.717, 1.165) is 48.3 Å². The highest BCUT2D eigenvalue weighted by molar-refractivity contribution is 5.92. The summed E-state index contributed by atoms with van der Waals surface area (Å²) in [7, 11) is 0. The van der Waals surface area contributed by atoms with Crippen LogP contribution in [0.25, 0.3) is 17.1 Å². The molecule has 2 aliphatic carbocycles. The Labute approximate surface area is 149 Å². The summed E-state index contributed by atoms with van der Waals surface area (Å²) in [6.07, 6.45) is 12.3. The fourth-order valence-electron chi connectivity index (χ4n) is 3.83. The summed E-state index contributed by atoms with van der Waals surface area (Å²) >= 11 is 0. The van der Waals surface area contributed by atoms with E-state index >= 15 is 0 Å². The molecule has 4 nitrogen and oxygen atoms in total. The van der Waals surface area contributed by atoms with Gasteiger partial charge in [0.15, 0.2) is 0 Å². The third kappa shape index (κ3) is 3.73. The van der Waals surface area contributed by atoms with Crippen LogP contribution in [0, 0.1) is 5.92 Å². The number of hydrogen-bond acceptors (Lipinski definition) is 3. The lowest BCUT2D eigenvalue weighted by Gasteiger charge is -2.36. The van der Waals surface area contributed by atoms with Gasteiger partial charge in [-0.1, -0.05) is 19.1 Å². The van der Waals surface area contributed by atoms with E-state index < -0.39 is 0 Å². The van der Waals surface area contributed by atoms with Crippen molar-refractivity contribution in [2.75, 3.05) is 0 Å². The first kappa shape index (κ1) is 16.2. The third-order valence-corrected chi connectivity index (χ3v) is 5.44. The Morgan fingerprint density at radius 1 is 1.04 bits per heavy atom. The summed E-state index contributed by atoms with van der Waals surface area (Å²) in [4.78, 5) is 24.0. The van der Waals surface area contributed by atoms with Crippen molar-refractivity contribution in [1.82, 2.24) is 14.9 Å². The number of carbonyl (C=O) groups excluding carboxylic acids is 1. The number of carbonyl (C=O) groups is 1. The lowest BCUT2D eigenvalue weighted by atomic mass is 9.86. The molecule has 0 atom stereocenters. The van der Waals surface area contributed by atoms with Crippen molar-refractivity contribution in [2.24, 2.45) is 5.92 Å². The summed E-state index contributed by atoms with van der Waals surface area (Å²) in [5.41, 5.74) is 2.47. The first-order valence-electron chi connectivity index (χ1n) is 9.43. The lowest BCUT2D eigenvalue weighted by molar-refractivity contribution is -0.129. The Balaban J connectivity index is 1.49. The molecular weight excluding hydrogens is 310 g/mol. The molecule has 0 N–H and O–H groups in total. The molecule has 0 saturated heterocycles. The summed E-state index contributed by atoms with van der Waals surface area (Å²) < 4.78 is 0. The highest BCUT2D eigenvalue weighted by Crippen LogP contribution is 2.35. The average molecular weight is 335 g/mol. The SMILES string of the molecule is CC1CCC(N(C(=O)/C=C/c2cnc3ccccc3n2)C2CC2)CC1. The van der Waals surface area contributed by atoms with Gasteiger partial charge in [-0.3, -0.25) is 9.78 Å². The van der Waals surface area contributed by atoms with Crippen molar-refractivity contribution in [3.05, 3.63) is 42.2 Å². The second kappa shape index (κ2) is 6.95. The van der Waals surface area contributed by atoms with Gasteiger partial charge in [-0.05, 0) is 62.7 Å². The smallest absolute Gasteiger partial charge is 0.247 e. The summed E-state index contributed by atoms with van der Waals surface area (Å²) in [5.74, 6) is 0.938. The van der Waals surface area contributed by atoms with Crippen molar-refractivity contribution in [3.8, 4) is 0 Å². The molecular formula is C21H25N3O. The van der Waals surface area contributed by atoms with Gasteiger partial charge in [0.25, 0.3) is 0 Å². The minimum Gasteiger partial charge on any atom is -0.333 e. The topological polar surface area (TPSA) is 46.1 Å². The zero-order chi connectivity index (χ0) is 17.2. The molecule has 130 valence electrons. The van der Waals surface area contributed by atoms with E-state index in [1.165, 1.54) is 12.8 Å². The van der Waals surface area contributed by atoms with Crippen molar-refractivity contribution in [2.45, 2.75) is 57.5 Å². The molecule has 0 unspecified atom stereocenters. The number of benzene rings is 1. The summed E-state index contributed by atoms with van der Waals surface area (Å²) in [6, 6.07) is 8.67. The molecule has 2 saturated carbocycles. The molecule has 0 spiro atoms. The quantitative estimate of drug-likeness (QED) is 0.786. The number of rotatable bonds is 4. The van der Waals surface area contributed by atoms with Gasteiger partial charge in [-0.25, -0.2) is 4.98 Å². The van der Waals surface area contributed by atoms with Gasteiger partial charge in [0, 0.05) is 18.2 Å². The van der Waals surface area contributed by atoms with Gasteiger partial charge >= 0.3 is 0 Å². The molecule has 4 rings (SSSR count). The van der Waals surface area contributed by atoms with Crippen LogP contribution in [0.1, 0.15) is 51.1 Å². The zero-order valence-corrected chi connectivity index (χ0v) is 14.8. The van der Waals surface area contributed by atoms with Crippen molar-refractivity contribution >= 4 is 23.0 Å². The van der Waals surface area contributed by atoms with Crippen LogP contribution in [0.4, 0.5) is 0 Å². The van der Waals surface area contributed by atoms with Gasteiger partial charge < -0.3 is 4.90 Å². The number of nitrogens with zero attached hydrogens (tertiary/aromatic N) is 3. The van der Waals surface area contributed by atoms with Crippen LogP contribution in [-0.2, 0) is 4.79 Å². The Hall–Kier alpha value is -2.23. The van der Waals surface area contributed by atoms with Crippen molar-refractivity contribution in [1.29, 1.82) is 0 Å². The molecule has 1 aromatic carbocycles. The van der Waals surface area contributed by atoms with Crippen LogP contribution in [-0.4, -0.2) is 32.9 Å². The maximum Gasteiger partial charge on any atom is 0.247 e.